The van der Waals surface area contributed by atoms with Crippen LogP contribution in [0.15, 0.2) is 42.6 Å². The predicted octanol–water partition coefficient (Wildman–Crippen LogP) is 2.75. The van der Waals surface area contributed by atoms with Crippen molar-refractivity contribution in [3.05, 3.63) is 53.7 Å². The maximum absolute atomic E-state index is 10.8. The van der Waals surface area contributed by atoms with Crippen molar-refractivity contribution in [3.63, 3.8) is 0 Å². The first-order valence-corrected chi connectivity index (χ1v) is 10.1. The largest absolute Gasteiger partial charge is 0.493 e. The second-order valence-corrected chi connectivity index (χ2v) is 7.33. The van der Waals surface area contributed by atoms with E-state index in [4.69, 9.17) is 9.47 Å². The Morgan fingerprint density at radius 2 is 1.82 bits per heavy atom. The van der Waals surface area contributed by atoms with Gasteiger partial charge < -0.3 is 14.4 Å². The first-order chi connectivity index (χ1) is 13.6. The third-order valence-electron chi connectivity index (χ3n) is 4.94. The molecule has 0 radical (unpaired) electrons. The molecule has 1 aromatic heterocycles. The van der Waals surface area contributed by atoms with Crippen LogP contribution in [0.2, 0.25) is 0 Å². The van der Waals surface area contributed by atoms with E-state index in [1.54, 1.807) is 26.4 Å². The van der Waals surface area contributed by atoms with Crippen LogP contribution in [0.1, 0.15) is 11.1 Å². The number of hydrogen-bond donors (Lipinski definition) is 2. The Hall–Kier alpha value is -3.00. The summed E-state index contributed by atoms with van der Waals surface area (Å²) in [5, 5.41) is 1.04. The average Bonchev–Trinajstić information content (AvgIpc) is 3.11. The highest BCUT2D eigenvalue weighted by Gasteiger charge is 2.23. The van der Waals surface area contributed by atoms with Gasteiger partial charge in [0.05, 0.1) is 25.4 Å². The fourth-order valence-corrected chi connectivity index (χ4v) is 4.00. The molecular formula is C20H21N3O4S. The van der Waals surface area contributed by atoms with Crippen molar-refractivity contribution in [2.24, 2.45) is 0 Å². The van der Waals surface area contributed by atoms with Crippen molar-refractivity contribution in [2.75, 3.05) is 30.4 Å². The second kappa shape index (κ2) is 7.55. The lowest BCUT2D eigenvalue weighted by Crippen LogP contribution is -2.20. The zero-order valence-corrected chi connectivity index (χ0v) is 16.5. The van der Waals surface area contributed by atoms with E-state index in [1.165, 1.54) is 5.56 Å². The number of nitrogens with zero attached hydrogens (tertiary/aromatic N) is 2. The summed E-state index contributed by atoms with van der Waals surface area (Å²) in [5.74, 6) is 1.34. The number of thiol groups is 1. The van der Waals surface area contributed by atoms with Gasteiger partial charge in [0.25, 0.3) is 0 Å². The summed E-state index contributed by atoms with van der Waals surface area (Å²) < 4.78 is 34.8. The van der Waals surface area contributed by atoms with Gasteiger partial charge >= 0.3 is 0 Å². The smallest absolute Gasteiger partial charge is 0.222 e. The van der Waals surface area contributed by atoms with Crippen molar-refractivity contribution in [2.45, 2.75) is 13.0 Å². The molecule has 0 saturated heterocycles. The molecule has 0 saturated carbocycles. The highest BCUT2D eigenvalue weighted by atomic mass is 32.2. The summed E-state index contributed by atoms with van der Waals surface area (Å²) in [7, 11) is 0.592. The minimum atomic E-state index is -2.65. The zero-order chi connectivity index (χ0) is 19.7. The fraction of sp³-hybridized carbons (Fsp3) is 0.250. The molecule has 0 spiro atoms. The van der Waals surface area contributed by atoms with Gasteiger partial charge in [0, 0.05) is 36.4 Å². The number of benzene rings is 2. The second-order valence-electron chi connectivity index (χ2n) is 6.59. The van der Waals surface area contributed by atoms with Crippen molar-refractivity contribution >= 4 is 33.2 Å². The number of aromatic nitrogens is 1. The molecule has 0 amide bonds. The summed E-state index contributed by atoms with van der Waals surface area (Å²) in [5.41, 5.74) is 4.90. The van der Waals surface area contributed by atoms with E-state index in [1.807, 2.05) is 30.5 Å². The van der Waals surface area contributed by atoms with E-state index >= 15 is 0 Å². The number of hydrogen-bond acceptors (Lipinski definition) is 6. The molecule has 0 unspecified atom stereocenters. The number of pyridine rings is 1. The fourth-order valence-electron chi connectivity index (χ4n) is 3.64. The van der Waals surface area contributed by atoms with Gasteiger partial charge in [-0.3, -0.25) is 9.71 Å². The van der Waals surface area contributed by atoms with Crippen LogP contribution >= 0.6 is 0 Å². The lowest BCUT2D eigenvalue weighted by molar-refractivity contribution is 0.356. The molecule has 2 aromatic carbocycles. The quantitative estimate of drug-likeness (QED) is 0.621. The molecule has 1 N–H and O–H groups in total. The van der Waals surface area contributed by atoms with E-state index in [9.17, 15) is 8.42 Å². The molecule has 146 valence electrons. The number of rotatable bonds is 6. The molecule has 2 heterocycles. The molecule has 7 nitrogen and oxygen atoms in total. The molecule has 1 aliphatic rings. The maximum atomic E-state index is 10.8. The third-order valence-corrected chi connectivity index (χ3v) is 5.38. The standard InChI is InChI=1S/C20H21N3O4S/c1-26-18-9-16-17(10-19(18)27-2)21-11-14-7-8-23(20(14)16)12-13-3-5-15(6-4-13)22-28(24)25/h3-6,9-11,28H,7-8,12H2,1-2H3,(H,22,24,25). The highest BCUT2D eigenvalue weighted by Crippen LogP contribution is 2.40. The first-order valence-electron chi connectivity index (χ1n) is 8.87. The molecule has 3 aromatic rings. The van der Waals surface area contributed by atoms with Crippen LogP contribution in [0, 0.1) is 0 Å². The van der Waals surface area contributed by atoms with Gasteiger partial charge in [0.15, 0.2) is 11.5 Å². The Kier molecular flexibility index (Phi) is 4.95. The Labute approximate surface area is 165 Å². The Morgan fingerprint density at radius 3 is 2.50 bits per heavy atom. The predicted molar refractivity (Wildman–Crippen MR) is 110 cm³/mol. The molecule has 28 heavy (non-hydrogen) atoms. The summed E-state index contributed by atoms with van der Waals surface area (Å²) in [6.07, 6.45) is 2.87. The Balaban J connectivity index is 1.68. The zero-order valence-electron chi connectivity index (χ0n) is 15.6. The van der Waals surface area contributed by atoms with Crippen LogP contribution in [0.25, 0.3) is 10.9 Å². The molecule has 4 rings (SSSR count). The van der Waals surface area contributed by atoms with Crippen LogP contribution in [0.4, 0.5) is 11.4 Å². The number of anilines is 2. The molecular weight excluding hydrogens is 378 g/mol. The molecule has 0 bridgehead atoms. The molecule has 1 aliphatic heterocycles. The van der Waals surface area contributed by atoms with Gasteiger partial charge in [-0.25, -0.2) is 8.42 Å². The van der Waals surface area contributed by atoms with Crippen LogP contribution < -0.4 is 19.1 Å². The molecule has 8 heteroatoms. The van der Waals surface area contributed by atoms with Gasteiger partial charge in [0.1, 0.15) is 0 Å². The van der Waals surface area contributed by atoms with Gasteiger partial charge in [-0.1, -0.05) is 12.1 Å². The van der Waals surface area contributed by atoms with E-state index in [-0.39, 0.29) is 0 Å². The van der Waals surface area contributed by atoms with E-state index in [0.717, 1.165) is 41.7 Å². The van der Waals surface area contributed by atoms with Gasteiger partial charge in [-0.05, 0) is 35.7 Å². The van der Waals surface area contributed by atoms with Crippen LogP contribution in [0.3, 0.4) is 0 Å². The van der Waals surface area contributed by atoms with Crippen molar-refractivity contribution in [3.8, 4) is 11.5 Å². The molecule has 0 fully saturated rings. The van der Waals surface area contributed by atoms with Crippen LogP contribution in [-0.4, -0.2) is 34.2 Å². The van der Waals surface area contributed by atoms with E-state index in [2.05, 4.69) is 14.6 Å². The average molecular weight is 399 g/mol. The minimum Gasteiger partial charge on any atom is -0.493 e. The summed E-state index contributed by atoms with van der Waals surface area (Å²) in [4.78, 5) is 6.91. The van der Waals surface area contributed by atoms with Gasteiger partial charge in [-0.15, -0.1) is 0 Å². The summed E-state index contributed by atoms with van der Waals surface area (Å²) in [6, 6.07) is 11.3. The Bertz CT molecular complexity index is 1090. The third kappa shape index (κ3) is 3.43. The Morgan fingerprint density at radius 1 is 1.11 bits per heavy atom. The maximum Gasteiger partial charge on any atom is 0.222 e. The SMILES string of the molecule is COc1cc2ncc3c(c2cc1OC)N(Cc1ccc(N[SH](=O)=O)cc1)CC3. The highest BCUT2D eigenvalue weighted by molar-refractivity contribution is 7.73. The normalized spacial score (nSPS) is 13.0. The van der Waals surface area contributed by atoms with Crippen molar-refractivity contribution < 1.29 is 17.9 Å². The number of fused-ring (bicyclic) bond motifs is 3. The number of methoxy groups -OCH3 is 2. The summed E-state index contributed by atoms with van der Waals surface area (Å²) in [6.45, 7) is 1.63. The monoisotopic (exact) mass is 399 g/mol. The van der Waals surface area contributed by atoms with Gasteiger partial charge in [-0.2, -0.15) is 0 Å². The lowest BCUT2D eigenvalue weighted by Gasteiger charge is -2.22. The number of ether oxygens (including phenoxy) is 2. The van der Waals surface area contributed by atoms with E-state index in [0.29, 0.717) is 17.2 Å². The van der Waals surface area contributed by atoms with Crippen molar-refractivity contribution in [1.29, 1.82) is 0 Å². The first kappa shape index (κ1) is 18.4. The number of nitrogens with one attached hydrogen (secondary N) is 1. The van der Waals surface area contributed by atoms with Crippen molar-refractivity contribution in [1.82, 2.24) is 4.98 Å². The molecule has 0 aliphatic carbocycles. The topological polar surface area (TPSA) is 80.8 Å². The van der Waals surface area contributed by atoms with Crippen LogP contribution in [-0.2, 0) is 23.9 Å². The lowest BCUT2D eigenvalue weighted by atomic mass is 10.1. The van der Waals surface area contributed by atoms with Gasteiger partial charge in [0.2, 0.25) is 10.9 Å². The van der Waals surface area contributed by atoms with E-state index < -0.39 is 10.9 Å². The summed E-state index contributed by atoms with van der Waals surface area (Å²) >= 11 is 0. The molecule has 0 atom stereocenters. The minimum absolute atomic E-state index is 0.563. The van der Waals surface area contributed by atoms with Crippen LogP contribution in [0.5, 0.6) is 11.5 Å².